The first-order valence-electron chi connectivity index (χ1n) is 11.7. The fourth-order valence-corrected chi connectivity index (χ4v) is 4.84. The van der Waals surface area contributed by atoms with Gasteiger partial charge in [-0.3, -0.25) is 9.88 Å². The van der Waals surface area contributed by atoms with Crippen LogP contribution in [0, 0.1) is 0 Å². The van der Waals surface area contributed by atoms with E-state index in [-0.39, 0.29) is 5.75 Å². The van der Waals surface area contributed by atoms with Crippen LogP contribution in [0.3, 0.4) is 0 Å². The number of methoxy groups -OCH3 is 1. The molecule has 178 valence electrons. The van der Waals surface area contributed by atoms with Gasteiger partial charge in [0.1, 0.15) is 11.5 Å². The van der Waals surface area contributed by atoms with Crippen molar-refractivity contribution >= 4 is 11.6 Å². The molecule has 0 aliphatic carbocycles. The second-order valence-electron chi connectivity index (χ2n) is 8.78. The number of phenolic OH excluding ortho intramolecular Hbond substituents is 1. The van der Waals surface area contributed by atoms with Gasteiger partial charge in [-0.15, -0.1) is 0 Å². The van der Waals surface area contributed by atoms with E-state index in [1.54, 1.807) is 31.6 Å². The Labute approximate surface area is 210 Å². The van der Waals surface area contributed by atoms with Crippen LogP contribution in [0.1, 0.15) is 30.0 Å². The number of aromatic nitrogens is 3. The first kappa shape index (κ1) is 23.3. The highest BCUT2D eigenvalue weighted by Crippen LogP contribution is 2.36. The summed E-state index contributed by atoms with van der Waals surface area (Å²) < 4.78 is 5.46. The van der Waals surface area contributed by atoms with Gasteiger partial charge in [0.25, 0.3) is 0 Å². The molecule has 4 aromatic rings. The number of halogens is 1. The molecule has 0 radical (unpaired) electrons. The van der Waals surface area contributed by atoms with Crippen molar-refractivity contribution in [2.24, 2.45) is 0 Å². The summed E-state index contributed by atoms with van der Waals surface area (Å²) in [6.45, 7) is 2.49. The average molecular weight is 487 g/mol. The fourth-order valence-electron chi connectivity index (χ4n) is 4.65. The highest BCUT2D eigenvalue weighted by molar-refractivity contribution is 6.30. The summed E-state index contributed by atoms with van der Waals surface area (Å²) >= 11 is 6.14. The monoisotopic (exact) mass is 486 g/mol. The van der Waals surface area contributed by atoms with E-state index in [2.05, 4.69) is 16.0 Å². The van der Waals surface area contributed by atoms with Crippen molar-refractivity contribution in [2.45, 2.75) is 25.3 Å². The zero-order valence-corrected chi connectivity index (χ0v) is 20.3. The van der Waals surface area contributed by atoms with Crippen LogP contribution in [-0.2, 0) is 6.54 Å². The standard InChI is InChI=1S/C28H27ClN4O2/c1-35-24-4-2-3-21(16-24)25-17-31-28(20-7-11-30-12-8-20)32-27(25)19-9-13-33(14-10-19)18-22-15-23(29)5-6-26(22)34/h2-8,11-12,15-17,19,34H,9-10,13-14,18H2,1H3. The molecule has 0 bridgehead atoms. The van der Waals surface area contributed by atoms with Gasteiger partial charge in [0.05, 0.1) is 12.8 Å². The molecular formula is C28H27ClN4O2. The third kappa shape index (κ3) is 5.29. The van der Waals surface area contributed by atoms with Crippen molar-refractivity contribution in [2.75, 3.05) is 20.2 Å². The van der Waals surface area contributed by atoms with Crippen molar-refractivity contribution < 1.29 is 9.84 Å². The Kier molecular flexibility index (Phi) is 6.93. The van der Waals surface area contributed by atoms with E-state index >= 15 is 0 Å². The second-order valence-corrected chi connectivity index (χ2v) is 9.22. The number of rotatable bonds is 6. The summed E-state index contributed by atoms with van der Waals surface area (Å²) in [7, 11) is 1.68. The zero-order chi connectivity index (χ0) is 24.2. The Balaban J connectivity index is 1.43. The molecule has 7 heteroatoms. The van der Waals surface area contributed by atoms with Crippen LogP contribution in [-0.4, -0.2) is 45.2 Å². The van der Waals surface area contributed by atoms with Crippen molar-refractivity contribution in [3.05, 3.63) is 89.5 Å². The predicted octanol–water partition coefficient (Wildman–Crippen LogP) is 5.95. The van der Waals surface area contributed by atoms with Gasteiger partial charge in [-0.2, -0.15) is 0 Å². The molecule has 35 heavy (non-hydrogen) atoms. The second kappa shape index (κ2) is 10.4. The molecule has 0 spiro atoms. The molecule has 0 amide bonds. The maximum atomic E-state index is 10.2. The van der Waals surface area contributed by atoms with Crippen LogP contribution in [0.2, 0.25) is 5.02 Å². The minimum Gasteiger partial charge on any atom is -0.508 e. The van der Waals surface area contributed by atoms with Crippen LogP contribution < -0.4 is 4.74 Å². The molecule has 3 heterocycles. The third-order valence-corrected chi connectivity index (χ3v) is 6.78. The number of ether oxygens (including phenoxy) is 1. The van der Waals surface area contributed by atoms with Crippen LogP contribution in [0.15, 0.2) is 73.2 Å². The Hall–Kier alpha value is -3.48. The van der Waals surface area contributed by atoms with E-state index in [4.69, 9.17) is 26.3 Å². The summed E-state index contributed by atoms with van der Waals surface area (Å²) in [4.78, 5) is 16.3. The first-order valence-corrected chi connectivity index (χ1v) is 12.1. The molecule has 1 saturated heterocycles. The molecule has 6 nitrogen and oxygen atoms in total. The number of phenols is 1. The Bertz CT molecular complexity index is 1310. The molecular weight excluding hydrogens is 460 g/mol. The van der Waals surface area contributed by atoms with Crippen LogP contribution in [0.5, 0.6) is 11.5 Å². The molecule has 1 fully saturated rings. The van der Waals surface area contributed by atoms with Crippen LogP contribution in [0.25, 0.3) is 22.5 Å². The zero-order valence-electron chi connectivity index (χ0n) is 19.6. The average Bonchev–Trinajstić information content (AvgIpc) is 2.91. The van der Waals surface area contributed by atoms with E-state index in [0.717, 1.165) is 59.6 Å². The lowest BCUT2D eigenvalue weighted by Crippen LogP contribution is -2.33. The van der Waals surface area contributed by atoms with Gasteiger partial charge in [0, 0.05) is 52.8 Å². The highest BCUT2D eigenvalue weighted by Gasteiger charge is 2.26. The van der Waals surface area contributed by atoms with Crippen molar-refractivity contribution in [1.82, 2.24) is 19.9 Å². The van der Waals surface area contributed by atoms with Crippen molar-refractivity contribution in [3.63, 3.8) is 0 Å². The van der Waals surface area contributed by atoms with Crippen molar-refractivity contribution in [1.29, 1.82) is 0 Å². The summed E-state index contributed by atoms with van der Waals surface area (Å²) in [6.07, 6.45) is 7.38. The first-order chi connectivity index (χ1) is 17.1. The highest BCUT2D eigenvalue weighted by atomic mass is 35.5. The predicted molar refractivity (Wildman–Crippen MR) is 138 cm³/mol. The largest absolute Gasteiger partial charge is 0.508 e. The Morgan fingerprint density at radius 3 is 2.60 bits per heavy atom. The number of hydrogen-bond donors (Lipinski definition) is 1. The number of hydrogen-bond acceptors (Lipinski definition) is 6. The van der Waals surface area contributed by atoms with E-state index in [0.29, 0.717) is 23.3 Å². The smallest absolute Gasteiger partial charge is 0.159 e. The number of nitrogens with zero attached hydrogens (tertiary/aromatic N) is 4. The van der Waals surface area contributed by atoms with Crippen LogP contribution >= 0.6 is 11.6 Å². The van der Waals surface area contributed by atoms with E-state index in [1.165, 1.54) is 0 Å². The number of pyridine rings is 1. The third-order valence-electron chi connectivity index (χ3n) is 6.55. The number of piperidine rings is 1. The molecule has 0 unspecified atom stereocenters. The van der Waals surface area contributed by atoms with Crippen molar-refractivity contribution in [3.8, 4) is 34.0 Å². The topological polar surface area (TPSA) is 71.4 Å². The minimum atomic E-state index is 0.287. The molecule has 0 atom stereocenters. The van der Waals surface area contributed by atoms with E-state index < -0.39 is 0 Å². The van der Waals surface area contributed by atoms with E-state index in [1.807, 2.05) is 42.6 Å². The maximum Gasteiger partial charge on any atom is 0.159 e. The van der Waals surface area contributed by atoms with Gasteiger partial charge in [0.2, 0.25) is 0 Å². The lowest BCUT2D eigenvalue weighted by atomic mass is 9.88. The van der Waals surface area contributed by atoms with E-state index in [9.17, 15) is 5.11 Å². The summed E-state index contributed by atoms with van der Waals surface area (Å²) in [5, 5.41) is 10.9. The lowest BCUT2D eigenvalue weighted by Gasteiger charge is -2.32. The molecule has 1 aliphatic rings. The van der Waals surface area contributed by atoms with Crippen LogP contribution in [0.4, 0.5) is 0 Å². The quantitative estimate of drug-likeness (QED) is 0.363. The van der Waals surface area contributed by atoms with Gasteiger partial charge >= 0.3 is 0 Å². The Morgan fingerprint density at radius 2 is 1.83 bits per heavy atom. The number of likely N-dealkylation sites (tertiary alicyclic amines) is 1. The molecule has 1 N–H and O–H groups in total. The minimum absolute atomic E-state index is 0.287. The molecule has 1 aliphatic heterocycles. The van der Waals surface area contributed by atoms with Gasteiger partial charge in [0.15, 0.2) is 5.82 Å². The molecule has 2 aromatic carbocycles. The lowest BCUT2D eigenvalue weighted by molar-refractivity contribution is 0.201. The Morgan fingerprint density at radius 1 is 1.03 bits per heavy atom. The SMILES string of the molecule is COc1cccc(-c2cnc(-c3ccncc3)nc2C2CCN(Cc3cc(Cl)ccc3O)CC2)c1. The number of aromatic hydroxyl groups is 1. The molecule has 2 aromatic heterocycles. The molecule has 5 rings (SSSR count). The van der Waals surface area contributed by atoms with Gasteiger partial charge in [-0.05, 0) is 74.0 Å². The summed E-state index contributed by atoms with van der Waals surface area (Å²) in [5.41, 5.74) is 4.95. The van der Waals surface area contributed by atoms with Gasteiger partial charge < -0.3 is 9.84 Å². The summed E-state index contributed by atoms with van der Waals surface area (Å²) in [6, 6.07) is 17.1. The molecule has 0 saturated carbocycles. The van der Waals surface area contributed by atoms with Gasteiger partial charge in [-0.25, -0.2) is 9.97 Å². The summed E-state index contributed by atoms with van der Waals surface area (Å²) in [5.74, 6) is 2.10. The fraction of sp³-hybridized carbons (Fsp3) is 0.250. The van der Waals surface area contributed by atoms with Gasteiger partial charge in [-0.1, -0.05) is 23.7 Å². The number of benzene rings is 2. The normalized spacial score (nSPS) is 14.7. The maximum absolute atomic E-state index is 10.2.